The van der Waals surface area contributed by atoms with Crippen LogP contribution in [0.1, 0.15) is 25.7 Å². The molecule has 0 saturated carbocycles. The van der Waals surface area contributed by atoms with Crippen molar-refractivity contribution in [2.24, 2.45) is 5.92 Å². The number of anilines is 2. The summed E-state index contributed by atoms with van der Waals surface area (Å²) in [5.74, 6) is 2.08. The lowest BCUT2D eigenvalue weighted by atomic mass is 9.99. The predicted octanol–water partition coefficient (Wildman–Crippen LogP) is 4.63. The van der Waals surface area contributed by atoms with E-state index in [0.29, 0.717) is 18.2 Å². The van der Waals surface area contributed by atoms with Gasteiger partial charge in [0.15, 0.2) is 0 Å². The molecule has 3 aromatic rings. The minimum absolute atomic E-state index is 0.575. The molecule has 1 fully saturated rings. The zero-order valence-electron chi connectivity index (χ0n) is 15.8. The van der Waals surface area contributed by atoms with Crippen molar-refractivity contribution in [3.63, 3.8) is 0 Å². The number of piperidine rings is 1. The molecule has 0 spiro atoms. The summed E-state index contributed by atoms with van der Waals surface area (Å²) in [6.07, 6.45) is 3.27. The second kappa shape index (κ2) is 8.25. The lowest BCUT2D eigenvalue weighted by molar-refractivity contribution is 0.438. The lowest BCUT2D eigenvalue weighted by Gasteiger charge is -2.32. The molecule has 2 heterocycles. The van der Waals surface area contributed by atoms with Gasteiger partial charge in [0, 0.05) is 43.0 Å². The molecule has 0 amide bonds. The van der Waals surface area contributed by atoms with Gasteiger partial charge in [-0.05, 0) is 55.2 Å². The minimum Gasteiger partial charge on any atom is -0.421 e. The molecule has 5 nitrogen and oxygen atoms in total. The molecule has 1 N–H and O–H groups in total. The molecule has 0 atom stereocenters. The van der Waals surface area contributed by atoms with E-state index >= 15 is 0 Å². The molecule has 1 aromatic heterocycles. The molecular weight excluding hydrogens is 336 g/mol. The lowest BCUT2D eigenvalue weighted by Crippen LogP contribution is -2.32. The first-order valence-corrected chi connectivity index (χ1v) is 9.74. The average molecular weight is 362 g/mol. The Balaban J connectivity index is 1.28. The second-order valence-electron chi connectivity index (χ2n) is 7.26. The number of benzene rings is 2. The highest BCUT2D eigenvalue weighted by Gasteiger charge is 2.15. The van der Waals surface area contributed by atoms with Gasteiger partial charge in [0.2, 0.25) is 11.8 Å². The van der Waals surface area contributed by atoms with Crippen molar-refractivity contribution in [1.82, 2.24) is 10.2 Å². The van der Waals surface area contributed by atoms with Crippen molar-refractivity contribution in [3.05, 3.63) is 60.5 Å². The molecule has 2 aromatic carbocycles. The number of nitrogens with zero attached hydrogens (tertiary/aromatic N) is 3. The van der Waals surface area contributed by atoms with E-state index in [2.05, 4.69) is 51.6 Å². The fourth-order valence-electron chi connectivity index (χ4n) is 3.42. The highest BCUT2D eigenvalue weighted by atomic mass is 16.4. The van der Waals surface area contributed by atoms with Gasteiger partial charge in [-0.1, -0.05) is 25.1 Å². The van der Waals surface area contributed by atoms with Crippen LogP contribution in [0.2, 0.25) is 0 Å². The second-order valence-corrected chi connectivity index (χ2v) is 7.26. The Labute approximate surface area is 160 Å². The van der Waals surface area contributed by atoms with Gasteiger partial charge in [-0.15, -0.1) is 10.2 Å². The third-order valence-corrected chi connectivity index (χ3v) is 5.17. The van der Waals surface area contributed by atoms with Gasteiger partial charge >= 0.3 is 0 Å². The zero-order valence-corrected chi connectivity index (χ0v) is 15.8. The minimum atomic E-state index is 0.575. The molecule has 1 aliphatic rings. The van der Waals surface area contributed by atoms with Gasteiger partial charge in [-0.2, -0.15) is 0 Å². The van der Waals surface area contributed by atoms with Crippen LogP contribution in [-0.2, 0) is 6.42 Å². The van der Waals surface area contributed by atoms with Crippen LogP contribution < -0.4 is 10.2 Å². The van der Waals surface area contributed by atoms with Crippen LogP contribution >= 0.6 is 0 Å². The SMILES string of the molecule is CC1CCN(c2ccc(NCCc3nnc(-c4ccccc4)o3)cc2)CC1. The van der Waals surface area contributed by atoms with Gasteiger partial charge in [0.1, 0.15) is 0 Å². The Kier molecular flexibility index (Phi) is 5.37. The molecule has 4 rings (SSSR count). The average Bonchev–Trinajstić information content (AvgIpc) is 3.19. The third-order valence-electron chi connectivity index (χ3n) is 5.17. The molecule has 27 heavy (non-hydrogen) atoms. The maximum atomic E-state index is 5.75. The fraction of sp³-hybridized carbons (Fsp3) is 0.364. The van der Waals surface area contributed by atoms with E-state index in [1.54, 1.807) is 0 Å². The van der Waals surface area contributed by atoms with E-state index in [1.165, 1.54) is 18.5 Å². The van der Waals surface area contributed by atoms with E-state index in [1.807, 2.05) is 30.3 Å². The molecular formula is C22H26N4O. The van der Waals surface area contributed by atoms with Crippen LogP contribution in [0.5, 0.6) is 0 Å². The van der Waals surface area contributed by atoms with Crippen molar-refractivity contribution in [2.75, 3.05) is 29.9 Å². The smallest absolute Gasteiger partial charge is 0.247 e. The van der Waals surface area contributed by atoms with Crippen LogP contribution in [0.3, 0.4) is 0 Å². The first-order chi connectivity index (χ1) is 13.3. The molecule has 5 heteroatoms. The number of hydrogen-bond donors (Lipinski definition) is 1. The van der Waals surface area contributed by atoms with Crippen LogP contribution in [0.25, 0.3) is 11.5 Å². The quantitative estimate of drug-likeness (QED) is 0.693. The van der Waals surface area contributed by atoms with Crippen LogP contribution in [-0.4, -0.2) is 29.8 Å². The largest absolute Gasteiger partial charge is 0.421 e. The fourth-order valence-corrected chi connectivity index (χ4v) is 3.42. The molecule has 140 valence electrons. The Morgan fingerprint density at radius 1 is 1.00 bits per heavy atom. The first kappa shape index (κ1) is 17.6. The van der Waals surface area contributed by atoms with Crippen LogP contribution in [0, 0.1) is 5.92 Å². The Hall–Kier alpha value is -2.82. The van der Waals surface area contributed by atoms with Gasteiger partial charge < -0.3 is 14.6 Å². The zero-order chi connectivity index (χ0) is 18.5. The Morgan fingerprint density at radius 2 is 1.74 bits per heavy atom. The number of aromatic nitrogens is 2. The van der Waals surface area contributed by atoms with Crippen molar-refractivity contribution >= 4 is 11.4 Å². The molecule has 0 bridgehead atoms. The summed E-state index contributed by atoms with van der Waals surface area (Å²) in [4.78, 5) is 2.48. The van der Waals surface area contributed by atoms with Crippen molar-refractivity contribution in [2.45, 2.75) is 26.2 Å². The molecule has 0 aliphatic carbocycles. The van der Waals surface area contributed by atoms with E-state index < -0.39 is 0 Å². The van der Waals surface area contributed by atoms with Crippen molar-refractivity contribution in [3.8, 4) is 11.5 Å². The van der Waals surface area contributed by atoms with Gasteiger partial charge in [0.25, 0.3) is 0 Å². The topological polar surface area (TPSA) is 54.2 Å². The number of rotatable bonds is 6. The Bertz CT molecular complexity index is 836. The summed E-state index contributed by atoms with van der Waals surface area (Å²) < 4.78 is 5.75. The summed E-state index contributed by atoms with van der Waals surface area (Å²) >= 11 is 0. The molecule has 1 aliphatic heterocycles. The van der Waals surface area contributed by atoms with E-state index in [-0.39, 0.29) is 0 Å². The Morgan fingerprint density at radius 3 is 2.48 bits per heavy atom. The van der Waals surface area contributed by atoms with Crippen molar-refractivity contribution in [1.29, 1.82) is 0 Å². The molecule has 1 saturated heterocycles. The van der Waals surface area contributed by atoms with Gasteiger partial charge in [-0.25, -0.2) is 0 Å². The molecule has 0 radical (unpaired) electrons. The predicted molar refractivity (Wildman–Crippen MR) is 109 cm³/mol. The number of nitrogens with one attached hydrogen (secondary N) is 1. The highest BCUT2D eigenvalue weighted by Crippen LogP contribution is 2.24. The van der Waals surface area contributed by atoms with E-state index in [0.717, 1.165) is 36.8 Å². The monoisotopic (exact) mass is 362 g/mol. The molecule has 0 unspecified atom stereocenters. The normalized spacial score (nSPS) is 15.1. The summed E-state index contributed by atoms with van der Waals surface area (Å²) in [7, 11) is 0. The summed E-state index contributed by atoms with van der Waals surface area (Å²) in [5, 5.41) is 11.7. The van der Waals surface area contributed by atoms with E-state index in [9.17, 15) is 0 Å². The highest BCUT2D eigenvalue weighted by molar-refractivity contribution is 5.55. The van der Waals surface area contributed by atoms with Crippen LogP contribution in [0.15, 0.2) is 59.0 Å². The first-order valence-electron chi connectivity index (χ1n) is 9.74. The third kappa shape index (κ3) is 4.48. The van der Waals surface area contributed by atoms with Gasteiger partial charge in [-0.3, -0.25) is 0 Å². The van der Waals surface area contributed by atoms with Crippen LogP contribution in [0.4, 0.5) is 11.4 Å². The summed E-state index contributed by atoms with van der Waals surface area (Å²) in [5.41, 5.74) is 3.38. The van der Waals surface area contributed by atoms with E-state index in [4.69, 9.17) is 4.42 Å². The maximum absolute atomic E-state index is 5.75. The summed E-state index contributed by atoms with van der Waals surface area (Å²) in [6, 6.07) is 18.6. The maximum Gasteiger partial charge on any atom is 0.247 e. The summed E-state index contributed by atoms with van der Waals surface area (Å²) in [6.45, 7) is 5.43. The van der Waals surface area contributed by atoms with Crippen molar-refractivity contribution < 1.29 is 4.42 Å². The standard InChI is InChI=1S/C22H26N4O/c1-17-12-15-26(16-13-17)20-9-7-19(8-10-20)23-14-11-21-24-25-22(27-21)18-5-3-2-4-6-18/h2-10,17,23H,11-16H2,1H3. The number of hydrogen-bond acceptors (Lipinski definition) is 5. The van der Waals surface area contributed by atoms with Gasteiger partial charge in [0.05, 0.1) is 0 Å².